The smallest absolute Gasteiger partial charge is 0.264 e. The van der Waals surface area contributed by atoms with Crippen LogP contribution in [0, 0.1) is 0 Å². The van der Waals surface area contributed by atoms with Crippen molar-refractivity contribution in [2.75, 3.05) is 12.8 Å². The van der Waals surface area contributed by atoms with Crippen molar-refractivity contribution in [3.05, 3.63) is 48.0 Å². The number of nitrogens with two attached hydrogens (primary N) is 1. The highest BCUT2D eigenvalue weighted by molar-refractivity contribution is 9.13. The number of amides is 1. The highest BCUT2D eigenvalue weighted by Crippen LogP contribution is 2.33. The maximum atomic E-state index is 12.3. The van der Waals surface area contributed by atoms with Crippen LogP contribution in [-0.2, 0) is 6.54 Å². The zero-order valence-electron chi connectivity index (χ0n) is 10.5. The molecule has 0 saturated heterocycles. The first kappa shape index (κ1) is 15.8. The summed E-state index contributed by atoms with van der Waals surface area (Å²) in [7, 11) is 1.74. The van der Waals surface area contributed by atoms with Gasteiger partial charge in [0.1, 0.15) is 0 Å². The molecule has 0 radical (unpaired) electrons. The van der Waals surface area contributed by atoms with Crippen molar-refractivity contribution in [3.8, 4) is 0 Å². The monoisotopic (exact) mass is 436 g/mol. The zero-order chi connectivity index (χ0) is 14.9. The molecule has 20 heavy (non-hydrogen) atoms. The van der Waals surface area contributed by atoms with Gasteiger partial charge in [0.2, 0.25) is 0 Å². The van der Waals surface area contributed by atoms with Crippen molar-refractivity contribution in [1.29, 1.82) is 0 Å². The fourth-order valence-corrected chi connectivity index (χ4v) is 3.89. The molecule has 7 heteroatoms. The van der Waals surface area contributed by atoms with Gasteiger partial charge in [0.25, 0.3) is 5.91 Å². The molecule has 0 aliphatic carbocycles. The minimum atomic E-state index is -0.0557. The Kier molecular flexibility index (Phi) is 5.12. The Hall–Kier alpha value is -0.560. The normalized spacial score (nSPS) is 10.6. The van der Waals surface area contributed by atoms with Gasteiger partial charge in [-0.05, 0) is 61.7 Å². The average molecular weight is 439 g/mol. The molecule has 1 aromatic carbocycles. The summed E-state index contributed by atoms with van der Waals surface area (Å²) in [5.41, 5.74) is 7.20. The molecule has 0 unspecified atom stereocenters. The number of hydrogen-bond donors (Lipinski definition) is 1. The molecule has 0 bridgehead atoms. The van der Waals surface area contributed by atoms with E-state index in [9.17, 15) is 4.79 Å². The van der Waals surface area contributed by atoms with Crippen LogP contribution in [0.3, 0.4) is 0 Å². The molecule has 3 nitrogen and oxygen atoms in total. The number of carbonyl (C=O) groups excluding carboxylic acids is 1. The van der Waals surface area contributed by atoms with E-state index in [0.29, 0.717) is 22.1 Å². The number of rotatable bonds is 3. The van der Waals surface area contributed by atoms with E-state index in [1.807, 2.05) is 0 Å². The van der Waals surface area contributed by atoms with E-state index in [2.05, 4.69) is 31.9 Å². The van der Waals surface area contributed by atoms with Gasteiger partial charge in [0.05, 0.1) is 8.66 Å². The Morgan fingerprint density at radius 3 is 2.70 bits per heavy atom. The molecule has 1 heterocycles. The molecule has 2 N–H and O–H groups in total. The molecule has 1 aromatic heterocycles. The van der Waals surface area contributed by atoms with Gasteiger partial charge in [0, 0.05) is 28.8 Å². The number of nitrogen functional groups attached to an aromatic ring is 1. The first-order chi connectivity index (χ1) is 9.38. The Morgan fingerprint density at radius 1 is 1.40 bits per heavy atom. The van der Waals surface area contributed by atoms with Crippen LogP contribution >= 0.6 is 54.8 Å². The van der Waals surface area contributed by atoms with Crippen molar-refractivity contribution in [3.63, 3.8) is 0 Å². The van der Waals surface area contributed by atoms with Crippen LogP contribution in [0.4, 0.5) is 5.69 Å². The lowest BCUT2D eigenvalue weighted by atomic mass is 10.2. The van der Waals surface area contributed by atoms with E-state index >= 15 is 0 Å². The number of anilines is 1. The standard InChI is InChI=1S/C13H11Br2ClN2OS/c1-18(6-7-4-8(17)2-3-10(7)16)13(19)11-5-9(14)12(15)20-11/h2-5H,6,17H2,1H3. The molecule has 0 atom stereocenters. The third kappa shape index (κ3) is 3.55. The Balaban J connectivity index is 2.17. The van der Waals surface area contributed by atoms with Crippen LogP contribution in [0.1, 0.15) is 15.2 Å². The lowest BCUT2D eigenvalue weighted by Crippen LogP contribution is -2.25. The first-order valence-electron chi connectivity index (χ1n) is 5.62. The van der Waals surface area contributed by atoms with Crippen LogP contribution in [0.25, 0.3) is 0 Å². The van der Waals surface area contributed by atoms with Crippen LogP contribution in [0.2, 0.25) is 5.02 Å². The molecular formula is C13H11Br2ClN2OS. The Labute approximate surface area is 143 Å². The van der Waals surface area contributed by atoms with E-state index in [1.54, 1.807) is 36.2 Å². The van der Waals surface area contributed by atoms with E-state index in [-0.39, 0.29) is 5.91 Å². The van der Waals surface area contributed by atoms with Crippen LogP contribution < -0.4 is 5.73 Å². The summed E-state index contributed by atoms with van der Waals surface area (Å²) in [5, 5.41) is 0.604. The van der Waals surface area contributed by atoms with E-state index in [1.165, 1.54) is 11.3 Å². The second-order valence-electron chi connectivity index (χ2n) is 4.24. The molecule has 0 aliphatic heterocycles. The molecule has 0 saturated carbocycles. The number of halogens is 3. The number of nitrogens with zero attached hydrogens (tertiary/aromatic N) is 1. The summed E-state index contributed by atoms with van der Waals surface area (Å²) in [6, 6.07) is 7.06. The summed E-state index contributed by atoms with van der Waals surface area (Å²) in [6.07, 6.45) is 0. The molecular weight excluding hydrogens is 427 g/mol. The van der Waals surface area contributed by atoms with E-state index in [4.69, 9.17) is 17.3 Å². The second-order valence-corrected chi connectivity index (χ2v) is 7.88. The van der Waals surface area contributed by atoms with Gasteiger partial charge in [-0.25, -0.2) is 0 Å². The molecule has 0 aliphatic rings. The largest absolute Gasteiger partial charge is 0.399 e. The highest BCUT2D eigenvalue weighted by atomic mass is 79.9. The maximum Gasteiger partial charge on any atom is 0.264 e. The minimum absolute atomic E-state index is 0.0557. The molecule has 106 valence electrons. The predicted octanol–water partition coefficient (Wildman–Crippen LogP) is 4.78. The molecule has 1 amide bonds. The summed E-state index contributed by atoms with van der Waals surface area (Å²) < 4.78 is 1.78. The van der Waals surface area contributed by atoms with Gasteiger partial charge in [-0.15, -0.1) is 11.3 Å². The fourth-order valence-electron chi connectivity index (χ4n) is 1.68. The third-order valence-electron chi connectivity index (χ3n) is 2.68. The van der Waals surface area contributed by atoms with E-state index < -0.39 is 0 Å². The van der Waals surface area contributed by atoms with Gasteiger partial charge < -0.3 is 10.6 Å². The van der Waals surface area contributed by atoms with Gasteiger partial charge >= 0.3 is 0 Å². The summed E-state index contributed by atoms with van der Waals surface area (Å²) >= 11 is 14.3. The Bertz CT molecular complexity index is 640. The number of thiophene rings is 1. The quantitative estimate of drug-likeness (QED) is 0.701. The second kappa shape index (κ2) is 6.47. The average Bonchev–Trinajstić information content (AvgIpc) is 2.73. The van der Waals surface area contributed by atoms with Crippen LogP contribution in [0.15, 0.2) is 32.5 Å². The topological polar surface area (TPSA) is 46.3 Å². The fraction of sp³-hybridized carbons (Fsp3) is 0.154. The van der Waals surface area contributed by atoms with Gasteiger partial charge in [-0.1, -0.05) is 11.6 Å². The van der Waals surface area contributed by atoms with Crippen molar-refractivity contribution < 1.29 is 4.79 Å². The van der Waals surface area contributed by atoms with Gasteiger partial charge in [0.15, 0.2) is 0 Å². The van der Waals surface area contributed by atoms with Gasteiger partial charge in [-0.3, -0.25) is 4.79 Å². The van der Waals surface area contributed by atoms with Gasteiger partial charge in [-0.2, -0.15) is 0 Å². The number of hydrogen-bond acceptors (Lipinski definition) is 3. The summed E-state index contributed by atoms with van der Waals surface area (Å²) in [6.45, 7) is 0.413. The number of benzene rings is 1. The van der Waals surface area contributed by atoms with Crippen molar-refractivity contribution in [1.82, 2.24) is 4.90 Å². The van der Waals surface area contributed by atoms with Crippen LogP contribution in [0.5, 0.6) is 0 Å². The van der Waals surface area contributed by atoms with Crippen LogP contribution in [-0.4, -0.2) is 17.9 Å². The van der Waals surface area contributed by atoms with E-state index in [0.717, 1.165) is 13.8 Å². The number of carbonyl (C=O) groups is 1. The highest BCUT2D eigenvalue weighted by Gasteiger charge is 2.17. The van der Waals surface area contributed by atoms with Crippen molar-refractivity contribution in [2.24, 2.45) is 0 Å². The third-order valence-corrected chi connectivity index (χ3v) is 6.29. The minimum Gasteiger partial charge on any atom is -0.399 e. The first-order valence-corrected chi connectivity index (χ1v) is 8.40. The van der Waals surface area contributed by atoms with Crippen molar-refractivity contribution in [2.45, 2.75) is 6.54 Å². The Morgan fingerprint density at radius 2 is 2.10 bits per heavy atom. The van der Waals surface area contributed by atoms with Crippen molar-refractivity contribution >= 4 is 66.4 Å². The lowest BCUT2D eigenvalue weighted by molar-refractivity contribution is 0.0790. The SMILES string of the molecule is CN(Cc1cc(N)ccc1Cl)C(=O)c1cc(Br)c(Br)s1. The molecule has 2 aromatic rings. The zero-order valence-corrected chi connectivity index (χ0v) is 15.2. The molecule has 2 rings (SSSR count). The molecule has 0 fully saturated rings. The maximum absolute atomic E-state index is 12.3. The molecule has 0 spiro atoms. The lowest BCUT2D eigenvalue weighted by Gasteiger charge is -2.17. The predicted molar refractivity (Wildman–Crippen MR) is 91.4 cm³/mol. The summed E-state index contributed by atoms with van der Waals surface area (Å²) in [5.74, 6) is -0.0557. The summed E-state index contributed by atoms with van der Waals surface area (Å²) in [4.78, 5) is 14.6.